The molecule has 11 nitrogen and oxygen atoms in total. The number of para-hydroxylation sites is 4. The molecule has 1 heterocycles. The van der Waals surface area contributed by atoms with E-state index in [1.54, 1.807) is 12.1 Å². The molecule has 3 aromatic rings. The second-order valence-corrected chi connectivity index (χ2v) is 10.3. The molecular weight excluding hydrogens is 538 g/mol. The van der Waals surface area contributed by atoms with Gasteiger partial charge in [-0.3, -0.25) is 20.2 Å². The van der Waals surface area contributed by atoms with E-state index >= 15 is 0 Å². The van der Waals surface area contributed by atoms with Crippen molar-refractivity contribution in [2.45, 2.75) is 103 Å². The Bertz CT molecular complexity index is 1190. The number of hydrogen-bond acceptors (Lipinski definition) is 9. The molecule has 226 valence electrons. The molecule has 0 saturated carbocycles. The van der Waals surface area contributed by atoms with Gasteiger partial charge in [0.15, 0.2) is 0 Å². The number of ether oxygens (including phenoxy) is 2. The standard InChI is InChI=1S/C31H41N5O6/c1-2-3-4-5-6-7-8-9-10-11-12-13-14-15-24-29-32-30(41-27-22-18-16-20-25(27)35(37)38)34-31(33-29)42-28-23-19-17-21-26(28)36(39)40/h16-23H,2-15,24H2,1H3. The largest absolute Gasteiger partial charge is 0.417 e. The molecule has 0 unspecified atom stereocenters. The Balaban J connectivity index is 1.54. The Morgan fingerprint density at radius 2 is 0.952 bits per heavy atom. The molecule has 2 aromatic carbocycles. The number of hydrogen-bond donors (Lipinski definition) is 0. The van der Waals surface area contributed by atoms with E-state index in [2.05, 4.69) is 21.9 Å². The number of benzene rings is 2. The van der Waals surface area contributed by atoms with Crippen LogP contribution < -0.4 is 9.47 Å². The lowest BCUT2D eigenvalue weighted by Gasteiger charge is -2.09. The van der Waals surface area contributed by atoms with Crippen LogP contribution in [0.25, 0.3) is 0 Å². The monoisotopic (exact) mass is 579 g/mol. The summed E-state index contributed by atoms with van der Waals surface area (Å²) in [5, 5.41) is 22.9. The van der Waals surface area contributed by atoms with E-state index in [4.69, 9.17) is 9.47 Å². The first-order valence-corrected chi connectivity index (χ1v) is 15.1. The van der Waals surface area contributed by atoms with Crippen LogP contribution in [0.1, 0.15) is 103 Å². The zero-order chi connectivity index (χ0) is 30.0. The third-order valence-electron chi connectivity index (χ3n) is 6.92. The molecule has 42 heavy (non-hydrogen) atoms. The van der Waals surface area contributed by atoms with E-state index < -0.39 is 9.85 Å². The van der Waals surface area contributed by atoms with E-state index in [1.165, 1.54) is 107 Å². The van der Waals surface area contributed by atoms with Gasteiger partial charge < -0.3 is 9.47 Å². The number of rotatable bonds is 21. The van der Waals surface area contributed by atoms with E-state index in [-0.39, 0.29) is 34.9 Å². The van der Waals surface area contributed by atoms with Gasteiger partial charge in [0.1, 0.15) is 5.82 Å². The minimum Gasteiger partial charge on any atom is -0.417 e. The molecule has 11 heteroatoms. The lowest BCUT2D eigenvalue weighted by Crippen LogP contribution is -2.05. The Morgan fingerprint density at radius 3 is 1.36 bits per heavy atom. The van der Waals surface area contributed by atoms with Crippen molar-refractivity contribution in [1.82, 2.24) is 15.0 Å². The van der Waals surface area contributed by atoms with Gasteiger partial charge in [0.25, 0.3) is 0 Å². The summed E-state index contributed by atoms with van der Waals surface area (Å²) in [5.74, 6) is 0.312. The summed E-state index contributed by atoms with van der Waals surface area (Å²) in [6.45, 7) is 2.25. The summed E-state index contributed by atoms with van der Waals surface area (Å²) in [4.78, 5) is 34.6. The van der Waals surface area contributed by atoms with Gasteiger partial charge >= 0.3 is 23.4 Å². The van der Waals surface area contributed by atoms with Crippen molar-refractivity contribution in [2.24, 2.45) is 0 Å². The van der Waals surface area contributed by atoms with Gasteiger partial charge in [0.05, 0.1) is 9.85 Å². The summed E-state index contributed by atoms with van der Waals surface area (Å²) in [6, 6.07) is 11.4. The van der Waals surface area contributed by atoms with Crippen LogP contribution in [0.5, 0.6) is 23.5 Å². The van der Waals surface area contributed by atoms with Crippen LogP contribution in [0.2, 0.25) is 0 Å². The van der Waals surface area contributed by atoms with Crippen LogP contribution in [0.15, 0.2) is 48.5 Å². The number of nitrogens with zero attached hydrogens (tertiary/aromatic N) is 5. The van der Waals surface area contributed by atoms with Crippen molar-refractivity contribution in [2.75, 3.05) is 0 Å². The van der Waals surface area contributed by atoms with Gasteiger partial charge in [-0.1, -0.05) is 115 Å². The number of unbranched alkanes of at least 4 members (excludes halogenated alkanes) is 13. The quantitative estimate of drug-likeness (QED) is 0.0684. The minimum atomic E-state index is -0.559. The zero-order valence-electron chi connectivity index (χ0n) is 24.4. The van der Waals surface area contributed by atoms with E-state index in [0.717, 1.165) is 19.3 Å². The average molecular weight is 580 g/mol. The van der Waals surface area contributed by atoms with E-state index in [0.29, 0.717) is 12.2 Å². The van der Waals surface area contributed by atoms with Crippen molar-refractivity contribution < 1.29 is 19.3 Å². The fourth-order valence-electron chi connectivity index (χ4n) is 4.64. The lowest BCUT2D eigenvalue weighted by molar-refractivity contribution is -0.385. The summed E-state index contributed by atoms with van der Waals surface area (Å²) >= 11 is 0. The highest BCUT2D eigenvalue weighted by atomic mass is 16.6. The van der Waals surface area contributed by atoms with Crippen LogP contribution in [0, 0.1) is 20.2 Å². The van der Waals surface area contributed by atoms with Crippen LogP contribution in [0.3, 0.4) is 0 Å². The van der Waals surface area contributed by atoms with Gasteiger partial charge in [-0.15, -0.1) is 4.98 Å². The molecule has 0 aliphatic carbocycles. The van der Waals surface area contributed by atoms with Crippen LogP contribution >= 0.6 is 0 Å². The summed E-state index contributed by atoms with van der Waals surface area (Å²) < 4.78 is 11.3. The predicted molar refractivity (Wildman–Crippen MR) is 160 cm³/mol. The number of aryl methyl sites for hydroxylation is 1. The van der Waals surface area contributed by atoms with Gasteiger partial charge in [-0.2, -0.15) is 9.97 Å². The normalized spacial score (nSPS) is 10.9. The van der Waals surface area contributed by atoms with E-state index in [9.17, 15) is 20.2 Å². The van der Waals surface area contributed by atoms with Crippen molar-refractivity contribution in [3.63, 3.8) is 0 Å². The van der Waals surface area contributed by atoms with Gasteiger partial charge in [-0.25, -0.2) is 0 Å². The first-order chi connectivity index (χ1) is 20.5. The first kappa shape index (κ1) is 32.4. The highest BCUT2D eigenvalue weighted by molar-refractivity contribution is 5.48. The maximum atomic E-state index is 11.4. The predicted octanol–water partition coefficient (Wildman–Crippen LogP) is 9.30. The smallest absolute Gasteiger partial charge is 0.328 e. The molecule has 3 rings (SSSR count). The molecule has 0 aliphatic rings. The Morgan fingerprint density at radius 1 is 0.571 bits per heavy atom. The Hall–Kier alpha value is -4.15. The summed E-state index contributed by atoms with van der Waals surface area (Å²) in [7, 11) is 0. The molecule has 0 radical (unpaired) electrons. The zero-order valence-corrected chi connectivity index (χ0v) is 24.4. The average Bonchev–Trinajstić information content (AvgIpc) is 2.97. The molecule has 0 fully saturated rings. The number of nitro benzene ring substituents is 2. The lowest BCUT2D eigenvalue weighted by atomic mass is 10.0. The minimum absolute atomic E-state index is 0.0345. The van der Waals surface area contributed by atoms with Crippen molar-refractivity contribution in [1.29, 1.82) is 0 Å². The van der Waals surface area contributed by atoms with Crippen LogP contribution in [-0.4, -0.2) is 24.8 Å². The summed E-state index contributed by atoms with van der Waals surface area (Å²) in [6.07, 6.45) is 17.9. The molecule has 0 amide bonds. The molecule has 1 aromatic heterocycles. The number of nitro groups is 2. The molecular formula is C31H41N5O6. The van der Waals surface area contributed by atoms with Crippen molar-refractivity contribution in [3.05, 3.63) is 74.6 Å². The Labute approximate surface area is 247 Å². The van der Waals surface area contributed by atoms with Crippen molar-refractivity contribution >= 4 is 11.4 Å². The van der Waals surface area contributed by atoms with Crippen LogP contribution in [0.4, 0.5) is 11.4 Å². The second kappa shape index (κ2) is 18.3. The molecule has 0 bridgehead atoms. The fraction of sp³-hybridized carbons (Fsp3) is 0.516. The Kier molecular flexibility index (Phi) is 14.1. The molecule has 0 atom stereocenters. The van der Waals surface area contributed by atoms with Crippen molar-refractivity contribution in [3.8, 4) is 23.5 Å². The maximum absolute atomic E-state index is 11.4. The molecule has 0 spiro atoms. The topological polar surface area (TPSA) is 143 Å². The fourth-order valence-corrected chi connectivity index (χ4v) is 4.64. The van der Waals surface area contributed by atoms with Crippen LogP contribution in [-0.2, 0) is 6.42 Å². The molecule has 0 saturated heterocycles. The summed E-state index contributed by atoms with van der Waals surface area (Å²) in [5.41, 5.74) is -0.486. The molecule has 0 aliphatic heterocycles. The maximum Gasteiger partial charge on any atom is 0.328 e. The SMILES string of the molecule is CCCCCCCCCCCCCCCCc1nc(Oc2ccccc2[N+](=O)[O-])nc(Oc2ccccc2[N+](=O)[O-])n1. The highest BCUT2D eigenvalue weighted by Crippen LogP contribution is 2.32. The van der Waals surface area contributed by atoms with E-state index in [1.807, 2.05) is 0 Å². The third kappa shape index (κ3) is 11.4. The highest BCUT2D eigenvalue weighted by Gasteiger charge is 2.20. The van der Waals surface area contributed by atoms with Gasteiger partial charge in [-0.05, 0) is 18.6 Å². The number of aromatic nitrogens is 3. The van der Waals surface area contributed by atoms with Gasteiger partial charge in [0, 0.05) is 18.6 Å². The second-order valence-electron chi connectivity index (χ2n) is 10.3. The van der Waals surface area contributed by atoms with Gasteiger partial charge in [0.2, 0.25) is 11.5 Å². The molecule has 0 N–H and O–H groups in total. The first-order valence-electron chi connectivity index (χ1n) is 15.1. The third-order valence-corrected chi connectivity index (χ3v) is 6.92.